The molecule has 37 heavy (non-hydrogen) atoms. The maximum Gasteiger partial charge on any atom is 0.229 e. The summed E-state index contributed by atoms with van der Waals surface area (Å²) in [5, 5.41) is 4.79. The second kappa shape index (κ2) is 9.98. The highest BCUT2D eigenvalue weighted by Crippen LogP contribution is 2.43. The summed E-state index contributed by atoms with van der Waals surface area (Å²) < 4.78 is 32.4. The van der Waals surface area contributed by atoms with Crippen molar-refractivity contribution < 1.29 is 12.8 Å². The Kier molecular flexibility index (Phi) is 6.89. The summed E-state index contributed by atoms with van der Waals surface area (Å²) in [4.78, 5) is 6.52. The zero-order chi connectivity index (χ0) is 26.3. The minimum absolute atomic E-state index is 0.296. The Labute approximate surface area is 230 Å². The summed E-state index contributed by atoms with van der Waals surface area (Å²) in [6.45, 7) is 1.84. The number of sulfonamides is 1. The molecule has 0 spiro atoms. The van der Waals surface area contributed by atoms with Crippen LogP contribution in [0.1, 0.15) is 29.1 Å². The lowest BCUT2D eigenvalue weighted by atomic mass is 10.0. The fourth-order valence-electron chi connectivity index (χ4n) is 4.35. The molecule has 1 saturated heterocycles. The number of thiocarbonyl (C=S) groups is 1. The van der Waals surface area contributed by atoms with Crippen LogP contribution in [0.4, 0.5) is 11.4 Å². The highest BCUT2D eigenvalue weighted by atomic mass is 35.5. The molecule has 1 fully saturated rings. The average molecular weight is 574 g/mol. The minimum Gasteiger partial charge on any atom is -0.459 e. The lowest BCUT2D eigenvalue weighted by Crippen LogP contribution is -2.29. The van der Waals surface area contributed by atoms with Crippen molar-refractivity contribution in [1.29, 1.82) is 0 Å². The smallest absolute Gasteiger partial charge is 0.229 e. The van der Waals surface area contributed by atoms with E-state index in [1.807, 2.05) is 60.4 Å². The summed E-state index contributed by atoms with van der Waals surface area (Å²) in [5.41, 5.74) is 3.63. The maximum atomic E-state index is 11.8. The lowest BCUT2D eigenvalue weighted by Gasteiger charge is -2.26. The zero-order valence-corrected chi connectivity index (χ0v) is 22.9. The number of halogens is 2. The highest BCUT2D eigenvalue weighted by Gasteiger charge is 2.42. The molecule has 0 amide bonds. The van der Waals surface area contributed by atoms with Gasteiger partial charge in [-0.05, 0) is 85.4 Å². The first-order chi connectivity index (χ1) is 17.6. The number of hydrogen-bond donors (Lipinski definition) is 2. The monoisotopic (exact) mass is 572 g/mol. The highest BCUT2D eigenvalue weighted by molar-refractivity contribution is 7.92. The number of benzene rings is 2. The van der Waals surface area contributed by atoms with Crippen LogP contribution in [0.2, 0.25) is 10.0 Å². The molecular formula is C26H22Cl2N4O3S2. The first kappa shape index (κ1) is 25.5. The number of furan rings is 1. The van der Waals surface area contributed by atoms with E-state index < -0.39 is 10.0 Å². The molecule has 2 unspecified atom stereocenters. The third kappa shape index (κ3) is 5.31. The Morgan fingerprint density at radius 1 is 1.05 bits per heavy atom. The van der Waals surface area contributed by atoms with Gasteiger partial charge in [0.25, 0.3) is 0 Å². The summed E-state index contributed by atoms with van der Waals surface area (Å²) in [7, 11) is -3.41. The molecule has 0 aliphatic carbocycles. The molecule has 4 aromatic rings. The van der Waals surface area contributed by atoms with Gasteiger partial charge in [0.2, 0.25) is 10.0 Å². The van der Waals surface area contributed by atoms with Crippen molar-refractivity contribution in [3.8, 4) is 11.3 Å². The van der Waals surface area contributed by atoms with Gasteiger partial charge in [0.05, 0.1) is 33.7 Å². The summed E-state index contributed by atoms with van der Waals surface area (Å²) in [6, 6.07) is 19.6. The van der Waals surface area contributed by atoms with Crippen molar-refractivity contribution in [1.82, 2.24) is 10.3 Å². The molecule has 11 heteroatoms. The van der Waals surface area contributed by atoms with Crippen LogP contribution < -0.4 is 14.9 Å². The van der Waals surface area contributed by atoms with E-state index in [9.17, 15) is 8.42 Å². The second-order valence-corrected chi connectivity index (χ2v) is 11.7. The van der Waals surface area contributed by atoms with Gasteiger partial charge >= 0.3 is 0 Å². The van der Waals surface area contributed by atoms with E-state index in [4.69, 9.17) is 39.8 Å². The second-order valence-electron chi connectivity index (χ2n) is 8.70. The van der Waals surface area contributed by atoms with E-state index in [2.05, 4.69) is 15.0 Å². The van der Waals surface area contributed by atoms with Crippen LogP contribution in [0.3, 0.4) is 0 Å². The molecule has 2 aromatic carbocycles. The Hall–Kier alpha value is -3.11. The van der Waals surface area contributed by atoms with Gasteiger partial charge in [-0.2, -0.15) is 0 Å². The number of nitrogens with one attached hydrogen (secondary N) is 2. The molecule has 5 rings (SSSR count). The third-order valence-electron chi connectivity index (χ3n) is 6.00. The number of nitrogens with zero attached hydrogens (tertiary/aromatic N) is 2. The van der Waals surface area contributed by atoms with Crippen LogP contribution in [0.15, 0.2) is 77.3 Å². The van der Waals surface area contributed by atoms with Gasteiger partial charge in [-0.1, -0.05) is 29.3 Å². The molecule has 190 valence electrons. The molecule has 0 saturated carbocycles. The predicted octanol–water partition coefficient (Wildman–Crippen LogP) is 6.51. The van der Waals surface area contributed by atoms with Gasteiger partial charge in [0.1, 0.15) is 17.6 Å². The number of pyridine rings is 1. The van der Waals surface area contributed by atoms with Crippen molar-refractivity contribution >= 4 is 61.9 Å². The molecule has 2 N–H and O–H groups in total. The largest absolute Gasteiger partial charge is 0.459 e. The van der Waals surface area contributed by atoms with Crippen LogP contribution in [-0.4, -0.2) is 24.8 Å². The molecule has 1 aliphatic rings. The molecule has 7 nitrogen and oxygen atoms in total. The Balaban J connectivity index is 1.58. The van der Waals surface area contributed by atoms with Gasteiger partial charge in [-0.25, -0.2) is 8.42 Å². The number of rotatable bonds is 6. The number of aromatic nitrogens is 1. The van der Waals surface area contributed by atoms with Crippen LogP contribution in [-0.2, 0) is 10.0 Å². The van der Waals surface area contributed by atoms with Crippen molar-refractivity contribution in [3.63, 3.8) is 0 Å². The number of aryl methyl sites for hydroxylation is 1. The summed E-state index contributed by atoms with van der Waals surface area (Å²) >= 11 is 18.1. The Morgan fingerprint density at radius 2 is 1.86 bits per heavy atom. The molecular weight excluding hydrogens is 551 g/mol. The third-order valence-corrected chi connectivity index (χ3v) is 7.65. The van der Waals surface area contributed by atoms with E-state index in [0.29, 0.717) is 32.4 Å². The zero-order valence-electron chi connectivity index (χ0n) is 19.8. The van der Waals surface area contributed by atoms with Crippen LogP contribution in [0.5, 0.6) is 0 Å². The van der Waals surface area contributed by atoms with Crippen molar-refractivity contribution in [2.24, 2.45) is 0 Å². The topological polar surface area (TPSA) is 87.5 Å². The lowest BCUT2D eigenvalue weighted by molar-refractivity contribution is 0.439. The fourth-order valence-corrected chi connectivity index (χ4v) is 5.62. The Bertz CT molecular complexity index is 1590. The minimum atomic E-state index is -3.41. The first-order valence-electron chi connectivity index (χ1n) is 11.2. The van der Waals surface area contributed by atoms with Gasteiger partial charge in [0, 0.05) is 17.4 Å². The van der Waals surface area contributed by atoms with Gasteiger partial charge in [-0.3, -0.25) is 9.71 Å². The van der Waals surface area contributed by atoms with E-state index in [1.54, 1.807) is 24.4 Å². The molecule has 0 radical (unpaired) electrons. The van der Waals surface area contributed by atoms with Gasteiger partial charge in [0.15, 0.2) is 5.11 Å². The SMILES string of the molecule is Cc1cc(N2C(=S)NC(c3ccccn3)C2c2ccc(-c3ccc(Cl)c(Cl)c3)o2)ccc1NS(C)(=O)=O. The normalized spacial score (nSPS) is 17.6. The van der Waals surface area contributed by atoms with Crippen LogP contribution in [0, 0.1) is 6.92 Å². The number of anilines is 2. The molecule has 1 aliphatic heterocycles. The quantitative estimate of drug-likeness (QED) is 0.255. The summed E-state index contributed by atoms with van der Waals surface area (Å²) in [5.74, 6) is 1.30. The van der Waals surface area contributed by atoms with E-state index >= 15 is 0 Å². The molecule has 2 atom stereocenters. The molecule has 2 aromatic heterocycles. The average Bonchev–Trinajstić information content (AvgIpc) is 3.46. The molecule has 3 heterocycles. The first-order valence-corrected chi connectivity index (χ1v) is 14.3. The maximum absolute atomic E-state index is 11.8. The number of hydrogen-bond acceptors (Lipinski definition) is 5. The predicted molar refractivity (Wildman–Crippen MR) is 152 cm³/mol. The van der Waals surface area contributed by atoms with Crippen molar-refractivity contribution in [2.75, 3.05) is 15.9 Å². The van der Waals surface area contributed by atoms with Crippen molar-refractivity contribution in [3.05, 3.63) is 100.0 Å². The Morgan fingerprint density at radius 3 is 2.54 bits per heavy atom. The standard InChI is InChI=1S/C26H22Cl2N4O3S2/c1-15-13-17(7-9-20(15)31-37(2,33)34)32-25(24(30-26(32)36)21-5-3-4-12-29-21)23-11-10-22(35-23)16-6-8-18(27)19(28)14-16/h3-14,24-25,31H,1-2H3,(H,30,36). The van der Waals surface area contributed by atoms with Crippen LogP contribution in [0.25, 0.3) is 11.3 Å². The van der Waals surface area contributed by atoms with E-state index in [-0.39, 0.29) is 12.1 Å². The molecule has 0 bridgehead atoms. The van der Waals surface area contributed by atoms with Crippen molar-refractivity contribution in [2.45, 2.75) is 19.0 Å². The van der Waals surface area contributed by atoms with E-state index in [1.165, 1.54) is 0 Å². The van der Waals surface area contributed by atoms with Gasteiger partial charge in [-0.15, -0.1) is 0 Å². The van der Waals surface area contributed by atoms with Gasteiger partial charge < -0.3 is 14.6 Å². The summed E-state index contributed by atoms with van der Waals surface area (Å²) in [6.07, 6.45) is 2.86. The van der Waals surface area contributed by atoms with E-state index in [0.717, 1.165) is 28.8 Å². The fraction of sp³-hybridized carbons (Fsp3) is 0.154. The van der Waals surface area contributed by atoms with Crippen LogP contribution >= 0.6 is 35.4 Å².